The topological polar surface area (TPSA) is 44.2 Å². The smallest absolute Gasteiger partial charge is 0.161 e. The number of benzene rings is 1. The Labute approximate surface area is 117 Å². The van der Waals surface area contributed by atoms with Gasteiger partial charge < -0.3 is 9.47 Å². The van der Waals surface area contributed by atoms with E-state index in [2.05, 4.69) is 9.97 Å². The maximum atomic E-state index is 6.00. The highest BCUT2D eigenvalue weighted by atomic mass is 35.5. The van der Waals surface area contributed by atoms with Gasteiger partial charge in [0.05, 0.1) is 14.2 Å². The number of halogens is 1. The highest BCUT2D eigenvalue weighted by Gasteiger charge is 2.09. The van der Waals surface area contributed by atoms with Crippen LogP contribution in [-0.2, 0) is 6.42 Å². The summed E-state index contributed by atoms with van der Waals surface area (Å²) in [5.74, 6) is 1.90. The van der Waals surface area contributed by atoms with Crippen LogP contribution in [0.2, 0.25) is 5.15 Å². The van der Waals surface area contributed by atoms with Gasteiger partial charge >= 0.3 is 0 Å². The quantitative estimate of drug-likeness (QED) is 0.804. The Kier molecular flexibility index (Phi) is 4.22. The van der Waals surface area contributed by atoms with Crippen molar-refractivity contribution in [2.75, 3.05) is 14.2 Å². The van der Waals surface area contributed by atoms with Gasteiger partial charge in [-0.1, -0.05) is 18.5 Å². The van der Waals surface area contributed by atoms with Crippen LogP contribution in [0.1, 0.15) is 12.6 Å². The minimum absolute atomic E-state index is 0.441. The average Bonchev–Trinajstić information content (AvgIpc) is 2.45. The lowest BCUT2D eigenvalue weighted by Crippen LogP contribution is -1.96. The summed E-state index contributed by atoms with van der Waals surface area (Å²) in [6.07, 6.45) is 0.808. The summed E-state index contributed by atoms with van der Waals surface area (Å²) in [7, 11) is 3.19. The Bertz CT molecular complexity index is 588. The number of ether oxygens (including phenoxy) is 2. The van der Waals surface area contributed by atoms with Gasteiger partial charge in [-0.05, 0) is 30.7 Å². The fourth-order valence-electron chi connectivity index (χ4n) is 1.75. The van der Waals surface area contributed by atoms with E-state index in [0.717, 1.165) is 17.7 Å². The molecule has 0 bridgehead atoms. The summed E-state index contributed by atoms with van der Waals surface area (Å²) >= 11 is 6.00. The van der Waals surface area contributed by atoms with Crippen LogP contribution in [0.4, 0.5) is 0 Å². The normalized spacial score (nSPS) is 10.3. The van der Waals surface area contributed by atoms with Crippen molar-refractivity contribution in [3.63, 3.8) is 0 Å². The second kappa shape index (κ2) is 5.89. The molecule has 0 aliphatic heterocycles. The zero-order valence-corrected chi connectivity index (χ0v) is 11.9. The van der Waals surface area contributed by atoms with Crippen molar-refractivity contribution >= 4 is 11.6 Å². The van der Waals surface area contributed by atoms with E-state index in [0.29, 0.717) is 22.5 Å². The second-order valence-corrected chi connectivity index (χ2v) is 4.32. The van der Waals surface area contributed by atoms with E-state index < -0.39 is 0 Å². The lowest BCUT2D eigenvalue weighted by molar-refractivity contribution is 0.355. The number of aryl methyl sites for hydroxylation is 1. The van der Waals surface area contributed by atoms with Crippen LogP contribution in [0, 0.1) is 0 Å². The highest BCUT2D eigenvalue weighted by molar-refractivity contribution is 6.29. The molecule has 1 aromatic carbocycles. The first-order valence-electron chi connectivity index (χ1n) is 5.93. The lowest BCUT2D eigenvalue weighted by atomic mass is 10.2. The molecule has 1 aromatic heterocycles. The molecule has 0 aliphatic carbocycles. The SMILES string of the molecule is CCc1cc(Cl)nc(-c2ccc(OC)c(OC)c2)n1. The largest absolute Gasteiger partial charge is 0.493 e. The molecule has 0 saturated carbocycles. The molecule has 0 amide bonds. The zero-order valence-electron chi connectivity index (χ0n) is 11.1. The highest BCUT2D eigenvalue weighted by Crippen LogP contribution is 2.31. The zero-order chi connectivity index (χ0) is 13.8. The molecule has 100 valence electrons. The molecule has 2 aromatic rings. The Morgan fingerprint density at radius 2 is 1.79 bits per heavy atom. The maximum Gasteiger partial charge on any atom is 0.161 e. The third kappa shape index (κ3) is 2.96. The van der Waals surface area contributed by atoms with Gasteiger partial charge in [-0.25, -0.2) is 9.97 Å². The summed E-state index contributed by atoms with van der Waals surface area (Å²) in [6.45, 7) is 2.02. The Balaban J connectivity index is 2.49. The van der Waals surface area contributed by atoms with E-state index in [1.807, 2.05) is 25.1 Å². The minimum Gasteiger partial charge on any atom is -0.493 e. The van der Waals surface area contributed by atoms with E-state index in [1.165, 1.54) is 0 Å². The third-order valence-electron chi connectivity index (χ3n) is 2.75. The molecule has 1 heterocycles. The Hall–Kier alpha value is -1.81. The Morgan fingerprint density at radius 1 is 1.05 bits per heavy atom. The molecule has 0 N–H and O–H groups in total. The third-order valence-corrected chi connectivity index (χ3v) is 2.95. The number of rotatable bonds is 4. The van der Waals surface area contributed by atoms with Crippen molar-refractivity contribution in [1.29, 1.82) is 0 Å². The average molecular weight is 279 g/mol. The van der Waals surface area contributed by atoms with E-state index in [1.54, 1.807) is 20.3 Å². The summed E-state index contributed by atoms with van der Waals surface area (Å²) in [4.78, 5) is 8.70. The van der Waals surface area contributed by atoms with Gasteiger partial charge in [0, 0.05) is 11.3 Å². The van der Waals surface area contributed by atoms with Gasteiger partial charge in [-0.15, -0.1) is 0 Å². The number of hydrogen-bond acceptors (Lipinski definition) is 4. The van der Waals surface area contributed by atoms with Crippen LogP contribution >= 0.6 is 11.6 Å². The van der Waals surface area contributed by atoms with Crippen molar-refractivity contribution < 1.29 is 9.47 Å². The number of aromatic nitrogens is 2. The minimum atomic E-state index is 0.441. The van der Waals surface area contributed by atoms with Gasteiger partial charge in [-0.2, -0.15) is 0 Å². The van der Waals surface area contributed by atoms with Gasteiger partial charge in [0.25, 0.3) is 0 Å². The van der Waals surface area contributed by atoms with Crippen LogP contribution < -0.4 is 9.47 Å². The summed E-state index contributed by atoms with van der Waals surface area (Å²) in [6, 6.07) is 7.31. The maximum absolute atomic E-state index is 6.00. The van der Waals surface area contributed by atoms with Crippen LogP contribution in [0.25, 0.3) is 11.4 Å². The van der Waals surface area contributed by atoms with Crippen LogP contribution in [0.5, 0.6) is 11.5 Å². The van der Waals surface area contributed by atoms with Crippen LogP contribution in [-0.4, -0.2) is 24.2 Å². The molecule has 5 heteroatoms. The predicted molar refractivity (Wildman–Crippen MR) is 75.0 cm³/mol. The van der Waals surface area contributed by atoms with E-state index in [9.17, 15) is 0 Å². The number of methoxy groups -OCH3 is 2. The van der Waals surface area contributed by atoms with Gasteiger partial charge in [0.15, 0.2) is 17.3 Å². The fourth-order valence-corrected chi connectivity index (χ4v) is 1.96. The van der Waals surface area contributed by atoms with Crippen molar-refractivity contribution in [2.24, 2.45) is 0 Å². The molecule has 0 radical (unpaired) electrons. The molecular weight excluding hydrogens is 264 g/mol. The lowest BCUT2D eigenvalue weighted by Gasteiger charge is -2.09. The van der Waals surface area contributed by atoms with E-state index in [-0.39, 0.29) is 0 Å². The number of hydrogen-bond donors (Lipinski definition) is 0. The number of nitrogens with zero attached hydrogens (tertiary/aromatic N) is 2. The van der Waals surface area contributed by atoms with Crippen molar-refractivity contribution in [1.82, 2.24) is 9.97 Å². The first-order valence-corrected chi connectivity index (χ1v) is 6.31. The first-order chi connectivity index (χ1) is 9.17. The van der Waals surface area contributed by atoms with Crippen LogP contribution in [0.3, 0.4) is 0 Å². The summed E-state index contributed by atoms with van der Waals surface area (Å²) < 4.78 is 10.5. The monoisotopic (exact) mass is 278 g/mol. The van der Waals surface area contributed by atoms with E-state index in [4.69, 9.17) is 21.1 Å². The molecule has 19 heavy (non-hydrogen) atoms. The molecular formula is C14H15ClN2O2. The van der Waals surface area contributed by atoms with Crippen molar-refractivity contribution in [3.05, 3.63) is 35.1 Å². The fraction of sp³-hybridized carbons (Fsp3) is 0.286. The molecule has 0 spiro atoms. The van der Waals surface area contributed by atoms with Gasteiger partial charge in [0.2, 0.25) is 0 Å². The predicted octanol–water partition coefficient (Wildman–Crippen LogP) is 3.38. The molecule has 0 fully saturated rings. The summed E-state index contributed by atoms with van der Waals surface area (Å²) in [5, 5.41) is 0.441. The van der Waals surface area contributed by atoms with Gasteiger partial charge in [0.1, 0.15) is 5.15 Å². The summed E-state index contributed by atoms with van der Waals surface area (Å²) in [5.41, 5.74) is 1.75. The van der Waals surface area contributed by atoms with Crippen molar-refractivity contribution in [2.45, 2.75) is 13.3 Å². The van der Waals surface area contributed by atoms with Gasteiger partial charge in [-0.3, -0.25) is 0 Å². The Morgan fingerprint density at radius 3 is 2.42 bits per heavy atom. The first kappa shape index (κ1) is 13.6. The second-order valence-electron chi connectivity index (χ2n) is 3.93. The van der Waals surface area contributed by atoms with E-state index >= 15 is 0 Å². The van der Waals surface area contributed by atoms with Crippen LogP contribution in [0.15, 0.2) is 24.3 Å². The molecule has 0 unspecified atom stereocenters. The molecule has 0 aliphatic rings. The molecule has 4 nitrogen and oxygen atoms in total. The molecule has 0 atom stereocenters. The van der Waals surface area contributed by atoms with Crippen molar-refractivity contribution in [3.8, 4) is 22.9 Å². The molecule has 2 rings (SSSR count). The molecule has 0 saturated heterocycles. The standard InChI is InChI=1S/C14H15ClN2O2/c1-4-10-8-13(15)17-14(16-10)9-5-6-11(18-2)12(7-9)19-3/h5-8H,4H2,1-3H3.